The van der Waals surface area contributed by atoms with Gasteiger partial charge in [0.05, 0.1) is 31.3 Å². The lowest BCUT2D eigenvalue weighted by atomic mass is 10.0. The standard InChI is InChI=1S/C21H19NO6.C14H18O4/c1-21(2)27-16-9-8-12(11-17(16)28-21)10-15(20(25)26-3)22-18(23)13-6-4-5-7-14(13)19(22)24;1-9(13(15)16-4)7-10-5-6-11-12(8-10)18-14(2,3)17-11/h4-9,11,15H,10H2,1-3H3;5-6,8-9H,7H2,1-4H3/t15-;9-/m00/s1. The fraction of sp³-hybridized carbons (Fsp3) is 0.371. The van der Waals surface area contributed by atoms with E-state index < -0.39 is 35.4 Å². The van der Waals surface area contributed by atoms with Crippen LogP contribution < -0.4 is 18.9 Å². The second-order valence-electron chi connectivity index (χ2n) is 12.2. The molecule has 3 heterocycles. The van der Waals surface area contributed by atoms with Crippen LogP contribution in [-0.4, -0.2) is 60.5 Å². The van der Waals surface area contributed by atoms with E-state index in [0.29, 0.717) is 23.5 Å². The van der Waals surface area contributed by atoms with Crippen LogP contribution in [0.2, 0.25) is 0 Å². The minimum Gasteiger partial charge on any atom is -0.469 e. The van der Waals surface area contributed by atoms with Crippen molar-refractivity contribution in [3.63, 3.8) is 0 Å². The maximum Gasteiger partial charge on any atom is 0.329 e. The number of carbonyl (C=O) groups is 4. The van der Waals surface area contributed by atoms with Crippen LogP contribution in [0.1, 0.15) is 66.5 Å². The van der Waals surface area contributed by atoms with Gasteiger partial charge in [-0.15, -0.1) is 0 Å². The Morgan fingerprint density at radius 1 is 0.674 bits per heavy atom. The van der Waals surface area contributed by atoms with Gasteiger partial charge in [-0.3, -0.25) is 19.3 Å². The van der Waals surface area contributed by atoms with E-state index in [1.807, 2.05) is 39.0 Å². The van der Waals surface area contributed by atoms with Crippen LogP contribution in [0.15, 0.2) is 60.7 Å². The lowest BCUT2D eigenvalue weighted by Crippen LogP contribution is -2.46. The van der Waals surface area contributed by atoms with Gasteiger partial charge in [0.15, 0.2) is 23.0 Å². The molecule has 6 rings (SSSR count). The van der Waals surface area contributed by atoms with Crippen molar-refractivity contribution in [2.75, 3.05) is 14.2 Å². The van der Waals surface area contributed by atoms with Gasteiger partial charge in [-0.25, -0.2) is 4.79 Å². The molecule has 0 radical (unpaired) electrons. The molecule has 3 aliphatic heterocycles. The summed E-state index contributed by atoms with van der Waals surface area (Å²) < 4.78 is 32.3. The SMILES string of the molecule is COC(=O)[C@@H](C)Cc1ccc2c(c1)OC(C)(C)O2.COC(=O)[C@H](Cc1ccc2c(c1)OC(C)(C)O2)N1C(=O)c2ccccc2C1=O. The Balaban J connectivity index is 0.000000200. The summed E-state index contributed by atoms with van der Waals surface area (Å²) in [5, 5.41) is 0. The van der Waals surface area contributed by atoms with E-state index in [0.717, 1.165) is 22.0 Å². The lowest BCUT2D eigenvalue weighted by molar-refractivity contribution is -0.145. The third kappa shape index (κ3) is 6.63. The molecule has 0 fully saturated rings. The molecular formula is C35H37NO10. The highest BCUT2D eigenvalue weighted by molar-refractivity contribution is 6.22. The molecule has 2 amide bonds. The molecule has 3 aromatic rings. The molecule has 11 heteroatoms. The molecule has 3 aliphatic rings. The number of fused-ring (bicyclic) bond motifs is 3. The molecule has 0 saturated heterocycles. The first-order valence-corrected chi connectivity index (χ1v) is 14.9. The van der Waals surface area contributed by atoms with Gasteiger partial charge in [-0.2, -0.15) is 0 Å². The third-order valence-corrected chi connectivity index (χ3v) is 7.62. The topological polar surface area (TPSA) is 127 Å². The van der Waals surface area contributed by atoms with Gasteiger partial charge < -0.3 is 28.4 Å². The monoisotopic (exact) mass is 631 g/mol. The van der Waals surface area contributed by atoms with E-state index >= 15 is 0 Å². The van der Waals surface area contributed by atoms with Gasteiger partial charge in [0, 0.05) is 34.1 Å². The first-order valence-electron chi connectivity index (χ1n) is 14.9. The lowest BCUT2D eigenvalue weighted by Gasteiger charge is -2.24. The molecule has 0 saturated carbocycles. The van der Waals surface area contributed by atoms with E-state index in [1.165, 1.54) is 14.2 Å². The molecule has 3 aromatic carbocycles. The number of carbonyl (C=O) groups excluding carboxylic acids is 4. The van der Waals surface area contributed by atoms with Gasteiger partial charge in [0.2, 0.25) is 11.6 Å². The van der Waals surface area contributed by atoms with Crippen molar-refractivity contribution in [2.24, 2.45) is 5.92 Å². The van der Waals surface area contributed by atoms with Crippen molar-refractivity contribution in [3.8, 4) is 23.0 Å². The highest BCUT2D eigenvalue weighted by Gasteiger charge is 2.43. The van der Waals surface area contributed by atoms with E-state index in [4.69, 9.17) is 28.4 Å². The molecule has 0 N–H and O–H groups in total. The summed E-state index contributed by atoms with van der Waals surface area (Å²) in [7, 11) is 2.64. The van der Waals surface area contributed by atoms with E-state index in [-0.39, 0.29) is 29.4 Å². The number of rotatable bonds is 7. The average Bonchev–Trinajstić information content (AvgIpc) is 3.59. The van der Waals surface area contributed by atoms with Gasteiger partial charge in [0.1, 0.15) is 6.04 Å². The number of amides is 2. The zero-order valence-electron chi connectivity index (χ0n) is 26.9. The summed E-state index contributed by atoms with van der Waals surface area (Å²) >= 11 is 0. The summed E-state index contributed by atoms with van der Waals surface area (Å²) in [6, 6.07) is 16.5. The average molecular weight is 632 g/mol. The molecule has 0 unspecified atom stereocenters. The summed E-state index contributed by atoms with van der Waals surface area (Å²) in [4.78, 5) is 50.4. The van der Waals surface area contributed by atoms with Crippen LogP contribution in [0.4, 0.5) is 0 Å². The Bertz CT molecular complexity index is 1660. The van der Waals surface area contributed by atoms with Crippen molar-refractivity contribution in [1.82, 2.24) is 4.90 Å². The fourth-order valence-corrected chi connectivity index (χ4v) is 5.56. The number of esters is 2. The molecule has 0 aliphatic carbocycles. The van der Waals surface area contributed by atoms with E-state index in [9.17, 15) is 19.2 Å². The number of hydrogen-bond donors (Lipinski definition) is 0. The van der Waals surface area contributed by atoms with E-state index in [1.54, 1.807) is 56.3 Å². The van der Waals surface area contributed by atoms with Crippen LogP contribution in [0.25, 0.3) is 0 Å². The van der Waals surface area contributed by atoms with Gasteiger partial charge >= 0.3 is 11.9 Å². The van der Waals surface area contributed by atoms with Gasteiger partial charge in [-0.05, 0) is 53.9 Å². The highest BCUT2D eigenvalue weighted by Crippen LogP contribution is 2.41. The van der Waals surface area contributed by atoms with E-state index in [2.05, 4.69) is 0 Å². The van der Waals surface area contributed by atoms with Crippen molar-refractivity contribution in [2.45, 2.75) is 65.1 Å². The zero-order valence-corrected chi connectivity index (χ0v) is 26.9. The third-order valence-electron chi connectivity index (χ3n) is 7.62. The van der Waals surface area contributed by atoms with Crippen LogP contribution in [0.3, 0.4) is 0 Å². The fourth-order valence-electron chi connectivity index (χ4n) is 5.56. The molecular weight excluding hydrogens is 594 g/mol. The summed E-state index contributed by atoms with van der Waals surface area (Å²) in [6.07, 6.45) is 0.735. The Morgan fingerprint density at radius 3 is 1.57 bits per heavy atom. The predicted octanol–water partition coefficient (Wildman–Crippen LogP) is 5.12. The number of benzene rings is 3. The second-order valence-corrected chi connectivity index (χ2v) is 12.2. The maximum atomic E-state index is 12.8. The number of methoxy groups -OCH3 is 2. The number of nitrogens with zero attached hydrogens (tertiary/aromatic N) is 1. The largest absolute Gasteiger partial charge is 0.469 e. The second kappa shape index (κ2) is 12.4. The minimum absolute atomic E-state index is 0.106. The van der Waals surface area contributed by atoms with Gasteiger partial charge in [0.25, 0.3) is 11.8 Å². The maximum absolute atomic E-state index is 12.8. The van der Waals surface area contributed by atoms with Crippen LogP contribution in [0.5, 0.6) is 23.0 Å². The smallest absolute Gasteiger partial charge is 0.329 e. The molecule has 242 valence electrons. The number of ether oxygens (including phenoxy) is 6. The Labute approximate surface area is 267 Å². The quantitative estimate of drug-likeness (QED) is 0.256. The summed E-state index contributed by atoms with van der Waals surface area (Å²) in [5.41, 5.74) is 2.32. The Kier molecular flexibility index (Phi) is 8.70. The summed E-state index contributed by atoms with van der Waals surface area (Å²) in [6.45, 7) is 9.17. The van der Waals surface area contributed by atoms with Crippen molar-refractivity contribution < 1.29 is 47.6 Å². The first-order chi connectivity index (χ1) is 21.7. The van der Waals surface area contributed by atoms with Crippen LogP contribution >= 0.6 is 0 Å². The van der Waals surface area contributed by atoms with Crippen LogP contribution in [0, 0.1) is 5.92 Å². The number of imide groups is 1. The predicted molar refractivity (Wildman–Crippen MR) is 165 cm³/mol. The molecule has 0 bridgehead atoms. The first kappa shape index (κ1) is 32.3. The summed E-state index contributed by atoms with van der Waals surface area (Å²) in [5.74, 6) is -0.790. The van der Waals surface area contributed by atoms with Crippen molar-refractivity contribution in [3.05, 3.63) is 82.9 Å². The number of hydrogen-bond acceptors (Lipinski definition) is 10. The molecule has 2 atom stereocenters. The van der Waals surface area contributed by atoms with Crippen molar-refractivity contribution in [1.29, 1.82) is 0 Å². The Morgan fingerprint density at radius 2 is 1.11 bits per heavy atom. The normalized spacial score (nSPS) is 17.4. The van der Waals surface area contributed by atoms with Crippen molar-refractivity contribution >= 4 is 23.8 Å². The molecule has 46 heavy (non-hydrogen) atoms. The van der Waals surface area contributed by atoms with Gasteiger partial charge in [-0.1, -0.05) is 31.2 Å². The zero-order chi connectivity index (χ0) is 33.4. The highest BCUT2D eigenvalue weighted by atomic mass is 16.7. The molecule has 0 aromatic heterocycles. The Hall–Kier alpha value is -5.06. The molecule has 11 nitrogen and oxygen atoms in total. The van der Waals surface area contributed by atoms with Crippen LogP contribution in [-0.2, 0) is 31.9 Å². The minimum atomic E-state index is -1.08. The molecule has 0 spiro atoms.